The molecule has 5 nitrogen and oxygen atoms in total. The van der Waals surface area contributed by atoms with E-state index in [0.717, 1.165) is 12.0 Å². The summed E-state index contributed by atoms with van der Waals surface area (Å²) < 4.78 is 5.18. The number of hydrogen-bond donors (Lipinski definition) is 3. The molecule has 2 amide bonds. The third-order valence-electron chi connectivity index (χ3n) is 2.72. The summed E-state index contributed by atoms with van der Waals surface area (Å²) in [5.74, 6) is 0. The second-order valence-corrected chi connectivity index (χ2v) is 4.25. The normalized spacial score (nSPS) is 19.0. The van der Waals surface area contributed by atoms with Gasteiger partial charge >= 0.3 is 6.03 Å². The predicted molar refractivity (Wildman–Crippen MR) is 67.0 cm³/mol. The van der Waals surface area contributed by atoms with Crippen LogP contribution in [0.4, 0.5) is 16.2 Å². The Morgan fingerprint density at radius 2 is 2.35 bits per heavy atom. The van der Waals surface area contributed by atoms with Gasteiger partial charge in [-0.15, -0.1) is 0 Å². The molecule has 17 heavy (non-hydrogen) atoms. The molecule has 0 spiro atoms. The lowest BCUT2D eigenvalue weighted by Crippen LogP contribution is -2.38. The highest BCUT2D eigenvalue weighted by molar-refractivity contribution is 5.92. The summed E-state index contributed by atoms with van der Waals surface area (Å²) in [5, 5.41) is 5.59. The van der Waals surface area contributed by atoms with Crippen molar-refractivity contribution in [2.24, 2.45) is 0 Å². The van der Waals surface area contributed by atoms with E-state index >= 15 is 0 Å². The van der Waals surface area contributed by atoms with Crippen molar-refractivity contribution in [3.8, 4) is 0 Å². The first-order valence-corrected chi connectivity index (χ1v) is 5.66. The minimum atomic E-state index is -0.238. The average molecular weight is 235 g/mol. The summed E-state index contributed by atoms with van der Waals surface area (Å²) >= 11 is 0. The van der Waals surface area contributed by atoms with Gasteiger partial charge in [0, 0.05) is 6.61 Å². The summed E-state index contributed by atoms with van der Waals surface area (Å²) in [5.41, 5.74) is 8.04. The molecule has 0 saturated carbocycles. The van der Waals surface area contributed by atoms with Crippen LogP contribution in [-0.4, -0.2) is 25.3 Å². The Bertz CT molecular complexity index is 414. The standard InChI is InChI=1S/C12H17N3O2/c1-8-2-3-10(13)11(6-8)15-12(16)14-9-4-5-17-7-9/h2-3,6,9H,4-5,7,13H2,1H3,(H2,14,15,16). The molecular weight excluding hydrogens is 218 g/mol. The fourth-order valence-corrected chi connectivity index (χ4v) is 1.77. The Morgan fingerprint density at radius 3 is 3.06 bits per heavy atom. The zero-order chi connectivity index (χ0) is 12.3. The van der Waals surface area contributed by atoms with E-state index in [1.54, 1.807) is 6.07 Å². The van der Waals surface area contributed by atoms with Crippen molar-refractivity contribution >= 4 is 17.4 Å². The van der Waals surface area contributed by atoms with Crippen molar-refractivity contribution in [3.05, 3.63) is 23.8 Å². The van der Waals surface area contributed by atoms with Gasteiger partial charge in [-0.25, -0.2) is 4.79 Å². The number of ether oxygens (including phenoxy) is 1. The van der Waals surface area contributed by atoms with Crippen LogP contribution < -0.4 is 16.4 Å². The topological polar surface area (TPSA) is 76.4 Å². The van der Waals surface area contributed by atoms with Gasteiger partial charge in [-0.3, -0.25) is 0 Å². The van der Waals surface area contributed by atoms with Gasteiger partial charge in [-0.2, -0.15) is 0 Å². The Morgan fingerprint density at radius 1 is 1.53 bits per heavy atom. The molecule has 1 aromatic carbocycles. The summed E-state index contributed by atoms with van der Waals surface area (Å²) in [6.45, 7) is 3.24. The Kier molecular flexibility index (Phi) is 3.49. The van der Waals surface area contributed by atoms with Gasteiger partial charge in [0.25, 0.3) is 0 Å². The van der Waals surface area contributed by atoms with Crippen LogP contribution in [0.2, 0.25) is 0 Å². The highest BCUT2D eigenvalue weighted by Gasteiger charge is 2.17. The molecule has 0 aliphatic carbocycles. The molecular formula is C12H17N3O2. The number of rotatable bonds is 2. The largest absolute Gasteiger partial charge is 0.397 e. The lowest BCUT2D eigenvalue weighted by molar-refractivity contribution is 0.189. The molecule has 1 aromatic rings. The summed E-state index contributed by atoms with van der Waals surface area (Å²) in [4.78, 5) is 11.7. The molecule has 2 rings (SSSR count). The average Bonchev–Trinajstić information content (AvgIpc) is 2.76. The van der Waals surface area contributed by atoms with Crippen molar-refractivity contribution < 1.29 is 9.53 Å². The lowest BCUT2D eigenvalue weighted by atomic mass is 10.2. The van der Waals surface area contributed by atoms with Crippen LogP contribution in [0.5, 0.6) is 0 Å². The number of nitrogens with two attached hydrogens (primary N) is 1. The van der Waals surface area contributed by atoms with E-state index in [4.69, 9.17) is 10.5 Å². The Balaban J connectivity index is 1.95. The third-order valence-corrected chi connectivity index (χ3v) is 2.72. The fraction of sp³-hybridized carbons (Fsp3) is 0.417. The number of nitrogen functional groups attached to an aromatic ring is 1. The number of aryl methyl sites for hydroxylation is 1. The van der Waals surface area contributed by atoms with Gasteiger partial charge in [-0.1, -0.05) is 6.07 Å². The van der Waals surface area contributed by atoms with Gasteiger partial charge in [-0.05, 0) is 31.0 Å². The SMILES string of the molecule is Cc1ccc(N)c(NC(=O)NC2CCOC2)c1. The maximum atomic E-state index is 11.7. The van der Waals surface area contributed by atoms with E-state index in [9.17, 15) is 4.79 Å². The van der Waals surface area contributed by atoms with Gasteiger partial charge in [0.15, 0.2) is 0 Å². The number of carbonyl (C=O) groups is 1. The van der Waals surface area contributed by atoms with E-state index in [-0.39, 0.29) is 12.1 Å². The van der Waals surface area contributed by atoms with Gasteiger partial charge in [0.1, 0.15) is 0 Å². The number of amides is 2. The van der Waals surface area contributed by atoms with Crippen LogP contribution in [0.25, 0.3) is 0 Å². The van der Waals surface area contributed by atoms with Crippen molar-refractivity contribution in [2.75, 3.05) is 24.3 Å². The van der Waals surface area contributed by atoms with Gasteiger partial charge < -0.3 is 21.1 Å². The quantitative estimate of drug-likeness (QED) is 0.680. The van der Waals surface area contributed by atoms with E-state index in [1.807, 2.05) is 19.1 Å². The number of carbonyl (C=O) groups excluding carboxylic acids is 1. The van der Waals surface area contributed by atoms with Crippen molar-refractivity contribution in [3.63, 3.8) is 0 Å². The molecule has 1 saturated heterocycles. The monoisotopic (exact) mass is 235 g/mol. The van der Waals surface area contributed by atoms with E-state index in [1.165, 1.54) is 0 Å². The van der Waals surface area contributed by atoms with Gasteiger partial charge in [0.2, 0.25) is 0 Å². The van der Waals surface area contributed by atoms with E-state index < -0.39 is 0 Å². The second-order valence-electron chi connectivity index (χ2n) is 4.25. The molecule has 4 N–H and O–H groups in total. The zero-order valence-corrected chi connectivity index (χ0v) is 9.82. The first kappa shape index (κ1) is 11.7. The summed E-state index contributed by atoms with van der Waals surface area (Å²) in [6.07, 6.45) is 0.858. The second kappa shape index (κ2) is 5.05. The first-order valence-electron chi connectivity index (χ1n) is 5.66. The Hall–Kier alpha value is -1.75. The van der Waals surface area contributed by atoms with Crippen molar-refractivity contribution in [1.82, 2.24) is 5.32 Å². The minimum Gasteiger partial charge on any atom is -0.397 e. The molecule has 1 fully saturated rings. The van der Waals surface area contributed by atoms with Crippen LogP contribution in [0.15, 0.2) is 18.2 Å². The van der Waals surface area contributed by atoms with Crippen molar-refractivity contribution in [2.45, 2.75) is 19.4 Å². The molecule has 1 unspecified atom stereocenters. The van der Waals surface area contributed by atoms with Crippen molar-refractivity contribution in [1.29, 1.82) is 0 Å². The van der Waals surface area contributed by atoms with Gasteiger partial charge in [0.05, 0.1) is 24.0 Å². The minimum absolute atomic E-state index is 0.0982. The van der Waals surface area contributed by atoms with Crippen LogP contribution in [0.3, 0.4) is 0 Å². The molecule has 0 radical (unpaired) electrons. The molecule has 1 aliphatic rings. The molecule has 0 bridgehead atoms. The number of benzene rings is 1. The lowest BCUT2D eigenvalue weighted by Gasteiger charge is -2.13. The van der Waals surface area contributed by atoms with E-state index in [2.05, 4.69) is 10.6 Å². The summed E-state index contributed by atoms with van der Waals surface area (Å²) in [7, 11) is 0. The molecule has 0 aromatic heterocycles. The number of anilines is 2. The highest BCUT2D eigenvalue weighted by atomic mass is 16.5. The highest BCUT2D eigenvalue weighted by Crippen LogP contribution is 2.19. The third kappa shape index (κ3) is 3.10. The fourth-order valence-electron chi connectivity index (χ4n) is 1.77. The number of nitrogens with one attached hydrogen (secondary N) is 2. The molecule has 1 atom stereocenters. The maximum absolute atomic E-state index is 11.7. The number of hydrogen-bond acceptors (Lipinski definition) is 3. The molecule has 1 heterocycles. The number of urea groups is 1. The molecule has 1 aliphatic heterocycles. The molecule has 5 heteroatoms. The first-order chi connectivity index (χ1) is 8.15. The smallest absolute Gasteiger partial charge is 0.319 e. The van der Waals surface area contributed by atoms with Crippen LogP contribution in [0, 0.1) is 6.92 Å². The van der Waals surface area contributed by atoms with E-state index in [0.29, 0.717) is 24.6 Å². The predicted octanol–water partition coefficient (Wildman–Crippen LogP) is 1.49. The Labute approximate surface area is 100 Å². The summed E-state index contributed by atoms with van der Waals surface area (Å²) in [6, 6.07) is 5.39. The van der Waals surface area contributed by atoms with Crippen LogP contribution in [-0.2, 0) is 4.74 Å². The molecule has 92 valence electrons. The maximum Gasteiger partial charge on any atom is 0.319 e. The zero-order valence-electron chi connectivity index (χ0n) is 9.82. The van der Waals surface area contributed by atoms with Crippen LogP contribution in [0.1, 0.15) is 12.0 Å². The van der Waals surface area contributed by atoms with Crippen LogP contribution >= 0.6 is 0 Å².